The first-order chi connectivity index (χ1) is 15.8. The van der Waals surface area contributed by atoms with E-state index in [1.54, 1.807) is 7.05 Å². The second-order valence-corrected chi connectivity index (χ2v) is 8.17. The lowest BCUT2D eigenvalue weighted by Crippen LogP contribution is -2.46. The lowest BCUT2D eigenvalue weighted by atomic mass is 10.0. The fourth-order valence-electron chi connectivity index (χ4n) is 3.80. The van der Waals surface area contributed by atoms with Gasteiger partial charge in [-0.3, -0.25) is 9.59 Å². The Hall–Kier alpha value is -2.73. The first kappa shape index (κ1) is 31.3. The summed E-state index contributed by atoms with van der Waals surface area (Å²) in [5.74, 6) is -0.492. The van der Waals surface area contributed by atoms with Crippen LogP contribution in [0.15, 0.2) is 41.0 Å². The molecule has 0 bridgehead atoms. The predicted molar refractivity (Wildman–Crippen MR) is 150 cm³/mol. The largest absolute Gasteiger partial charge is 0.357 e. The number of carbonyl (C=O) groups is 2. The van der Waals surface area contributed by atoms with Gasteiger partial charge in [0.15, 0.2) is 0 Å². The average Bonchev–Trinajstić information content (AvgIpc) is 3.05. The van der Waals surface area contributed by atoms with E-state index in [-0.39, 0.29) is 22.1 Å². The lowest BCUT2D eigenvalue weighted by molar-refractivity contribution is -0.127. The molecule has 1 aliphatic heterocycles. The Morgan fingerprint density at radius 2 is 1.97 bits per heavy atom. The van der Waals surface area contributed by atoms with Gasteiger partial charge in [-0.05, 0) is 81.5 Å². The van der Waals surface area contributed by atoms with Crippen LogP contribution in [0.25, 0.3) is 6.08 Å². The number of aliphatic imine (C=N–C) groups is 1. The van der Waals surface area contributed by atoms with Crippen molar-refractivity contribution in [3.63, 3.8) is 0 Å². The minimum absolute atomic E-state index is 0. The maximum atomic E-state index is 13.3. The molecule has 6 heteroatoms. The van der Waals surface area contributed by atoms with Gasteiger partial charge in [0.25, 0.3) is 5.91 Å². The zero-order chi connectivity index (χ0) is 25.0. The van der Waals surface area contributed by atoms with Crippen LogP contribution < -0.4 is 10.6 Å². The van der Waals surface area contributed by atoms with E-state index in [0.29, 0.717) is 18.7 Å². The molecule has 1 aromatic rings. The van der Waals surface area contributed by atoms with Gasteiger partial charge in [-0.25, -0.2) is 4.99 Å². The first-order valence-corrected chi connectivity index (χ1v) is 12.0. The van der Waals surface area contributed by atoms with Gasteiger partial charge in [-0.1, -0.05) is 53.0 Å². The molecule has 1 atom stereocenters. The van der Waals surface area contributed by atoms with E-state index in [1.165, 1.54) is 0 Å². The van der Waals surface area contributed by atoms with Crippen molar-refractivity contribution < 1.29 is 12.4 Å². The zero-order valence-corrected chi connectivity index (χ0v) is 21.5. The molecule has 1 heterocycles. The fraction of sp³-hybridized carbons (Fsp3) is 0.536. The molecule has 0 saturated carbocycles. The molecule has 1 aromatic carbocycles. The number of nitrogens with one attached hydrogen (secondary N) is 2. The van der Waals surface area contributed by atoms with Crippen LogP contribution in [0.5, 0.6) is 0 Å². The third-order valence-corrected chi connectivity index (χ3v) is 5.74. The molecule has 2 rings (SSSR count). The standard InChI is InChI=1S/C25H36N4O2.C2H6.CH4.2H2/c1-7-19-12-13-20(15-17(19)3)18(4)27-23(21-11-9-10-14-29(6)16-21)25(31)28-22(8-2)24(30)26-5;1-2;;;/h7,12-13,15,22H,1,8-11,14,16H2,2-6H3,(H,26,30)(H,28,31);1-2H3;1H4;2*1H/b23-21+,27-18?;;;;/t22-;;;;/m0..../s1. The maximum absolute atomic E-state index is 13.3. The van der Waals surface area contributed by atoms with Gasteiger partial charge in [0, 0.05) is 22.2 Å². The molecule has 2 N–H and O–H groups in total. The molecule has 1 aliphatic rings. The number of hydrogen-bond donors (Lipinski definition) is 2. The summed E-state index contributed by atoms with van der Waals surface area (Å²) in [4.78, 5) is 32.5. The number of nitrogens with zero attached hydrogens (tertiary/aromatic N) is 2. The van der Waals surface area contributed by atoms with Crippen molar-refractivity contribution in [3.05, 3.63) is 52.7 Å². The smallest absolute Gasteiger partial charge is 0.270 e. The highest BCUT2D eigenvalue weighted by molar-refractivity contribution is 6.05. The van der Waals surface area contributed by atoms with E-state index >= 15 is 0 Å². The third-order valence-electron chi connectivity index (χ3n) is 5.74. The van der Waals surface area contributed by atoms with Crippen LogP contribution in [-0.4, -0.2) is 55.7 Å². The summed E-state index contributed by atoms with van der Waals surface area (Å²) in [7, 11) is 3.64. The number of rotatable bonds is 7. The van der Waals surface area contributed by atoms with Crippen LogP contribution >= 0.6 is 0 Å². The molecule has 194 valence electrons. The maximum Gasteiger partial charge on any atom is 0.270 e. The van der Waals surface area contributed by atoms with Gasteiger partial charge in [0.05, 0.1) is 0 Å². The Bertz CT molecular complexity index is 898. The Morgan fingerprint density at radius 3 is 2.53 bits per heavy atom. The minimum atomic E-state index is -0.582. The minimum Gasteiger partial charge on any atom is -0.357 e. The molecular weight excluding hydrogens is 424 g/mol. The zero-order valence-electron chi connectivity index (χ0n) is 21.5. The quantitative estimate of drug-likeness (QED) is 0.398. The number of amides is 2. The van der Waals surface area contributed by atoms with Crippen molar-refractivity contribution in [1.29, 1.82) is 0 Å². The van der Waals surface area contributed by atoms with Crippen molar-refractivity contribution in [2.75, 3.05) is 27.2 Å². The van der Waals surface area contributed by atoms with E-state index in [9.17, 15) is 9.59 Å². The molecule has 1 fully saturated rings. The van der Waals surface area contributed by atoms with Crippen molar-refractivity contribution in [3.8, 4) is 0 Å². The monoisotopic (exact) mass is 474 g/mol. The highest BCUT2D eigenvalue weighted by atomic mass is 16.2. The molecule has 0 aromatic heterocycles. The molecule has 0 unspecified atom stereocenters. The highest BCUT2D eigenvalue weighted by Crippen LogP contribution is 2.21. The van der Waals surface area contributed by atoms with Gasteiger partial charge < -0.3 is 15.5 Å². The summed E-state index contributed by atoms with van der Waals surface area (Å²) in [6.45, 7) is 15.4. The number of aryl methyl sites for hydroxylation is 1. The number of likely N-dealkylation sites (tertiary alicyclic amines) is 1. The van der Waals surface area contributed by atoms with Crippen LogP contribution in [0.3, 0.4) is 0 Å². The van der Waals surface area contributed by atoms with Crippen molar-refractivity contribution in [1.82, 2.24) is 15.5 Å². The molecular formula is C28H50N4O2. The summed E-state index contributed by atoms with van der Waals surface area (Å²) in [6.07, 6.45) is 5.28. The van der Waals surface area contributed by atoms with Gasteiger partial charge in [0.2, 0.25) is 5.91 Å². The molecule has 34 heavy (non-hydrogen) atoms. The van der Waals surface area contributed by atoms with Crippen LogP contribution in [0.4, 0.5) is 0 Å². The molecule has 0 aliphatic carbocycles. The number of hydrogen-bond acceptors (Lipinski definition) is 4. The number of carbonyl (C=O) groups excluding carboxylic acids is 2. The highest BCUT2D eigenvalue weighted by Gasteiger charge is 2.23. The molecule has 0 radical (unpaired) electrons. The van der Waals surface area contributed by atoms with E-state index in [0.717, 1.165) is 53.8 Å². The van der Waals surface area contributed by atoms with Crippen LogP contribution in [0.1, 0.15) is 80.3 Å². The van der Waals surface area contributed by atoms with Gasteiger partial charge >= 0.3 is 0 Å². The summed E-state index contributed by atoms with van der Waals surface area (Å²) in [5.41, 5.74) is 5.38. The Balaban J connectivity index is -0.00000212. The Kier molecular flexibility index (Phi) is 14.7. The van der Waals surface area contributed by atoms with Crippen molar-refractivity contribution >= 4 is 23.6 Å². The van der Waals surface area contributed by atoms with Crippen LogP contribution in [0, 0.1) is 6.92 Å². The topological polar surface area (TPSA) is 73.8 Å². The van der Waals surface area contributed by atoms with E-state index in [2.05, 4.69) is 35.2 Å². The van der Waals surface area contributed by atoms with Gasteiger partial charge in [-0.15, -0.1) is 0 Å². The SMILES string of the molecule is C.C=Cc1ccc(C(C)=N/C(C(=O)N[C@@H](CC)C(=O)NC)=C2\CCCCN(C)C2)cc1C.CC.[HH].[HH]. The third kappa shape index (κ3) is 8.90. The normalized spacial score (nSPS) is 16.6. The van der Waals surface area contributed by atoms with Crippen LogP contribution in [-0.2, 0) is 9.59 Å². The molecule has 0 spiro atoms. The number of likely N-dealkylation sites (N-methyl/N-ethyl adjacent to an activating group) is 2. The van der Waals surface area contributed by atoms with E-state index in [1.807, 2.05) is 52.8 Å². The average molecular weight is 475 g/mol. The summed E-state index contributed by atoms with van der Waals surface area (Å²) in [6, 6.07) is 5.50. The predicted octanol–water partition coefficient (Wildman–Crippen LogP) is 5.61. The van der Waals surface area contributed by atoms with E-state index < -0.39 is 6.04 Å². The van der Waals surface area contributed by atoms with Gasteiger partial charge in [0.1, 0.15) is 11.7 Å². The Morgan fingerprint density at radius 1 is 1.29 bits per heavy atom. The van der Waals surface area contributed by atoms with E-state index in [4.69, 9.17) is 4.99 Å². The summed E-state index contributed by atoms with van der Waals surface area (Å²) < 4.78 is 0. The van der Waals surface area contributed by atoms with Crippen molar-refractivity contribution in [2.24, 2.45) is 4.99 Å². The second-order valence-electron chi connectivity index (χ2n) is 8.17. The summed E-state index contributed by atoms with van der Waals surface area (Å²) >= 11 is 0. The molecule has 2 amide bonds. The molecule has 6 nitrogen and oxygen atoms in total. The lowest BCUT2D eigenvalue weighted by Gasteiger charge is -2.19. The number of benzene rings is 1. The second kappa shape index (κ2) is 16.0. The first-order valence-electron chi connectivity index (χ1n) is 12.0. The fourth-order valence-corrected chi connectivity index (χ4v) is 3.80. The summed E-state index contributed by atoms with van der Waals surface area (Å²) in [5, 5.41) is 5.51. The van der Waals surface area contributed by atoms with Crippen LogP contribution in [0.2, 0.25) is 0 Å². The molecule has 1 saturated heterocycles. The van der Waals surface area contributed by atoms with Gasteiger partial charge in [-0.2, -0.15) is 0 Å². The Labute approximate surface area is 210 Å². The van der Waals surface area contributed by atoms with Crippen molar-refractivity contribution in [2.45, 2.75) is 73.8 Å².